The van der Waals surface area contributed by atoms with Gasteiger partial charge in [-0.3, -0.25) is 9.69 Å². The summed E-state index contributed by atoms with van der Waals surface area (Å²) in [5.41, 5.74) is 3.88. The lowest BCUT2D eigenvalue weighted by molar-refractivity contribution is -0.109. The summed E-state index contributed by atoms with van der Waals surface area (Å²) >= 11 is 6.19. The predicted octanol–water partition coefficient (Wildman–Crippen LogP) is 6.36. The lowest BCUT2D eigenvalue weighted by atomic mass is 9.89. The number of para-hydroxylation sites is 1. The molecule has 1 aliphatic rings. The van der Waals surface area contributed by atoms with Crippen molar-refractivity contribution in [3.8, 4) is 0 Å². The van der Waals surface area contributed by atoms with Gasteiger partial charge >= 0.3 is 0 Å². The van der Waals surface area contributed by atoms with E-state index < -0.39 is 0 Å². The van der Waals surface area contributed by atoms with Gasteiger partial charge in [0.25, 0.3) is 0 Å². The van der Waals surface area contributed by atoms with Crippen molar-refractivity contribution in [3.63, 3.8) is 0 Å². The third kappa shape index (κ3) is 8.15. The number of benzene rings is 3. The number of nitrogens with one attached hydrogen (secondary N) is 1. The van der Waals surface area contributed by atoms with Crippen LogP contribution in [-0.4, -0.2) is 44.0 Å². The van der Waals surface area contributed by atoms with E-state index in [0.29, 0.717) is 12.6 Å². The van der Waals surface area contributed by atoms with E-state index >= 15 is 0 Å². The Hall–Kier alpha value is -2.24. The second-order valence-corrected chi connectivity index (χ2v) is 9.07. The summed E-state index contributed by atoms with van der Waals surface area (Å²) < 4.78 is 0. The fourth-order valence-electron chi connectivity index (χ4n) is 4.84. The first-order valence-corrected chi connectivity index (χ1v) is 12.1. The quantitative estimate of drug-likeness (QED) is 0.308. The van der Waals surface area contributed by atoms with E-state index in [0.717, 1.165) is 50.5 Å². The molecule has 1 amide bonds. The van der Waals surface area contributed by atoms with Crippen LogP contribution in [0.4, 0.5) is 5.69 Å². The lowest BCUT2D eigenvalue weighted by Crippen LogP contribution is -2.47. The van der Waals surface area contributed by atoms with Crippen molar-refractivity contribution >= 4 is 48.5 Å². The molecule has 1 heterocycles. The van der Waals surface area contributed by atoms with Crippen LogP contribution in [0.15, 0.2) is 84.9 Å². The van der Waals surface area contributed by atoms with Crippen LogP contribution in [0.1, 0.15) is 35.9 Å². The summed E-state index contributed by atoms with van der Waals surface area (Å²) in [5.74, 6) is 0.289. The molecule has 1 saturated heterocycles. The molecule has 188 valence electrons. The SMILES string of the molecule is Cl.Cl.O=CNCC(CCC(c1ccc(Cl)cc1)N1CCN(c2ccccc2)CC1)c1ccccc1. The Balaban J connectivity index is 0.00000216. The van der Waals surface area contributed by atoms with E-state index in [1.54, 1.807) is 0 Å². The van der Waals surface area contributed by atoms with Crippen LogP contribution in [0.25, 0.3) is 0 Å². The highest BCUT2D eigenvalue weighted by Gasteiger charge is 2.26. The second-order valence-electron chi connectivity index (χ2n) is 8.64. The van der Waals surface area contributed by atoms with E-state index in [1.807, 2.05) is 18.2 Å². The average Bonchev–Trinajstić information content (AvgIpc) is 2.88. The number of halogens is 3. The Morgan fingerprint density at radius 2 is 1.37 bits per heavy atom. The van der Waals surface area contributed by atoms with Crippen LogP contribution in [0.2, 0.25) is 5.02 Å². The van der Waals surface area contributed by atoms with Crippen LogP contribution >= 0.6 is 36.4 Å². The first kappa shape index (κ1) is 29.0. The Morgan fingerprint density at radius 1 is 0.771 bits per heavy atom. The normalized spacial score (nSPS) is 15.3. The summed E-state index contributed by atoms with van der Waals surface area (Å²) in [6.45, 7) is 4.73. The summed E-state index contributed by atoms with van der Waals surface area (Å²) in [7, 11) is 0. The monoisotopic (exact) mass is 533 g/mol. The fraction of sp³-hybridized carbons (Fsp3) is 0.321. The second kappa shape index (κ2) is 15.0. The van der Waals surface area contributed by atoms with Gasteiger partial charge in [-0.1, -0.05) is 72.3 Å². The number of anilines is 1. The Labute approximate surface area is 226 Å². The number of carbonyl (C=O) groups excluding carboxylic acids is 1. The number of nitrogens with zero attached hydrogens (tertiary/aromatic N) is 2. The molecule has 0 saturated carbocycles. The maximum Gasteiger partial charge on any atom is 0.207 e. The van der Waals surface area contributed by atoms with Crippen LogP contribution in [0.3, 0.4) is 0 Å². The molecule has 4 rings (SSSR count). The van der Waals surface area contributed by atoms with Crippen LogP contribution in [-0.2, 0) is 4.79 Å². The van der Waals surface area contributed by atoms with Gasteiger partial charge in [0.05, 0.1) is 0 Å². The Bertz CT molecular complexity index is 981. The van der Waals surface area contributed by atoms with Gasteiger partial charge in [-0.25, -0.2) is 0 Å². The number of amides is 1. The highest BCUT2D eigenvalue weighted by molar-refractivity contribution is 6.30. The minimum Gasteiger partial charge on any atom is -0.369 e. The maximum atomic E-state index is 11.0. The van der Waals surface area contributed by atoms with Crippen molar-refractivity contribution in [3.05, 3.63) is 101 Å². The van der Waals surface area contributed by atoms with E-state index in [2.05, 4.69) is 81.8 Å². The Kier molecular flexibility index (Phi) is 12.4. The van der Waals surface area contributed by atoms with Gasteiger partial charge in [0.15, 0.2) is 0 Å². The summed E-state index contributed by atoms with van der Waals surface area (Å²) in [6.07, 6.45) is 2.82. The average molecular weight is 535 g/mol. The van der Waals surface area contributed by atoms with Gasteiger partial charge in [0.1, 0.15) is 0 Å². The molecule has 4 nitrogen and oxygen atoms in total. The number of piperazine rings is 1. The molecule has 0 radical (unpaired) electrons. The minimum absolute atomic E-state index is 0. The molecular formula is C28H34Cl3N3O. The first-order chi connectivity index (χ1) is 16.2. The lowest BCUT2D eigenvalue weighted by Gasteiger charge is -2.41. The summed E-state index contributed by atoms with van der Waals surface area (Å²) in [6, 6.07) is 29.8. The largest absolute Gasteiger partial charge is 0.369 e. The number of carbonyl (C=O) groups is 1. The van der Waals surface area contributed by atoms with Gasteiger partial charge in [0.2, 0.25) is 6.41 Å². The van der Waals surface area contributed by atoms with Gasteiger partial charge in [0, 0.05) is 55.4 Å². The fourth-order valence-corrected chi connectivity index (χ4v) is 4.96. The molecule has 7 heteroatoms. The molecule has 0 aromatic heterocycles. The molecule has 2 unspecified atom stereocenters. The third-order valence-electron chi connectivity index (χ3n) is 6.64. The van der Waals surface area contributed by atoms with E-state index in [1.165, 1.54) is 16.8 Å². The highest BCUT2D eigenvalue weighted by Crippen LogP contribution is 2.32. The van der Waals surface area contributed by atoms with Gasteiger partial charge < -0.3 is 10.2 Å². The molecule has 1 N–H and O–H groups in total. The van der Waals surface area contributed by atoms with E-state index in [-0.39, 0.29) is 30.7 Å². The van der Waals surface area contributed by atoms with Crippen LogP contribution in [0, 0.1) is 0 Å². The van der Waals surface area contributed by atoms with Crippen LogP contribution < -0.4 is 10.2 Å². The zero-order chi connectivity index (χ0) is 22.9. The molecule has 1 aliphatic heterocycles. The molecule has 3 aromatic carbocycles. The van der Waals surface area contributed by atoms with Gasteiger partial charge in [-0.15, -0.1) is 24.8 Å². The van der Waals surface area contributed by atoms with Crippen molar-refractivity contribution < 1.29 is 4.79 Å². The summed E-state index contributed by atoms with van der Waals surface area (Å²) in [5, 5.41) is 3.67. The van der Waals surface area contributed by atoms with Crippen molar-refractivity contribution in [1.82, 2.24) is 10.2 Å². The zero-order valence-corrected chi connectivity index (χ0v) is 22.2. The molecule has 3 aromatic rings. The maximum absolute atomic E-state index is 11.0. The van der Waals surface area contributed by atoms with Gasteiger partial charge in [-0.2, -0.15) is 0 Å². The van der Waals surface area contributed by atoms with Crippen molar-refractivity contribution in [2.75, 3.05) is 37.6 Å². The number of rotatable bonds is 10. The van der Waals surface area contributed by atoms with Crippen molar-refractivity contribution in [2.45, 2.75) is 24.8 Å². The number of hydrogen-bond acceptors (Lipinski definition) is 3. The molecule has 35 heavy (non-hydrogen) atoms. The number of hydrogen-bond donors (Lipinski definition) is 1. The Morgan fingerprint density at radius 3 is 1.97 bits per heavy atom. The topological polar surface area (TPSA) is 35.6 Å². The molecule has 0 spiro atoms. The minimum atomic E-state index is 0. The van der Waals surface area contributed by atoms with E-state index in [4.69, 9.17) is 11.6 Å². The molecule has 0 aliphatic carbocycles. The van der Waals surface area contributed by atoms with Crippen molar-refractivity contribution in [1.29, 1.82) is 0 Å². The first-order valence-electron chi connectivity index (χ1n) is 11.8. The summed E-state index contributed by atoms with van der Waals surface area (Å²) in [4.78, 5) is 16.1. The molecule has 2 atom stereocenters. The van der Waals surface area contributed by atoms with E-state index in [9.17, 15) is 4.79 Å². The zero-order valence-electron chi connectivity index (χ0n) is 19.8. The third-order valence-corrected chi connectivity index (χ3v) is 6.89. The predicted molar refractivity (Wildman–Crippen MR) is 151 cm³/mol. The standard InChI is InChI=1S/C28H32ClN3O.2ClH/c29-26-14-11-24(12-15-26)28(16-13-25(21-30-22-33)23-7-3-1-4-8-23)32-19-17-31(18-20-32)27-9-5-2-6-10-27;;/h1-12,14-15,22,25,28H,13,16-21H2,(H,30,33);2*1H. The van der Waals surface area contributed by atoms with Crippen LogP contribution in [0.5, 0.6) is 0 Å². The smallest absolute Gasteiger partial charge is 0.207 e. The van der Waals surface area contributed by atoms with Gasteiger partial charge in [-0.05, 0) is 48.2 Å². The molecule has 0 bridgehead atoms. The molecule has 1 fully saturated rings. The molecular weight excluding hydrogens is 501 g/mol. The highest BCUT2D eigenvalue weighted by atomic mass is 35.5. The van der Waals surface area contributed by atoms with Crippen molar-refractivity contribution in [2.24, 2.45) is 0 Å².